The second kappa shape index (κ2) is 7.39. The van der Waals surface area contributed by atoms with E-state index in [0.29, 0.717) is 17.0 Å². The van der Waals surface area contributed by atoms with Crippen molar-refractivity contribution >= 4 is 27.1 Å². The van der Waals surface area contributed by atoms with Crippen molar-refractivity contribution in [2.75, 3.05) is 0 Å². The average molecular weight is 457 g/mol. The van der Waals surface area contributed by atoms with Crippen LogP contribution in [0.15, 0.2) is 94.5 Å². The van der Waals surface area contributed by atoms with Gasteiger partial charge in [0.1, 0.15) is 12.2 Å². The summed E-state index contributed by atoms with van der Waals surface area (Å²) in [5.74, 6) is 0.589. The van der Waals surface area contributed by atoms with Crippen LogP contribution in [0.5, 0.6) is 0 Å². The van der Waals surface area contributed by atoms with E-state index >= 15 is 0 Å². The zero-order valence-corrected chi connectivity index (χ0v) is 17.7. The summed E-state index contributed by atoms with van der Waals surface area (Å²) in [5, 5.41) is 0. The molecule has 0 saturated heterocycles. The minimum absolute atomic E-state index is 0.199. The van der Waals surface area contributed by atoms with E-state index in [0.717, 1.165) is 27.0 Å². The molecular formula is C24H17BrN4O. The van der Waals surface area contributed by atoms with Crippen molar-refractivity contribution in [3.8, 4) is 22.8 Å². The van der Waals surface area contributed by atoms with E-state index in [-0.39, 0.29) is 5.56 Å². The maximum Gasteiger partial charge on any atom is 0.286 e. The summed E-state index contributed by atoms with van der Waals surface area (Å²) in [6.07, 6.45) is 1.65. The van der Waals surface area contributed by atoms with Crippen molar-refractivity contribution in [1.29, 1.82) is 0 Å². The van der Waals surface area contributed by atoms with Crippen molar-refractivity contribution in [3.63, 3.8) is 0 Å². The number of para-hydroxylation sites is 1. The fourth-order valence-corrected chi connectivity index (χ4v) is 3.83. The molecular weight excluding hydrogens is 440 g/mol. The van der Waals surface area contributed by atoms with E-state index in [1.54, 1.807) is 10.9 Å². The van der Waals surface area contributed by atoms with Gasteiger partial charge in [-0.1, -0.05) is 58.4 Å². The first-order chi connectivity index (χ1) is 14.6. The summed E-state index contributed by atoms with van der Waals surface area (Å²) in [7, 11) is 0. The van der Waals surface area contributed by atoms with Crippen molar-refractivity contribution in [1.82, 2.24) is 19.1 Å². The molecule has 0 aliphatic heterocycles. The molecule has 2 aromatic heterocycles. The molecule has 0 fully saturated rings. The minimum atomic E-state index is -0.199. The Morgan fingerprint density at radius 1 is 0.833 bits per heavy atom. The predicted octanol–water partition coefficient (Wildman–Crippen LogP) is 5.31. The van der Waals surface area contributed by atoms with Gasteiger partial charge in [0, 0.05) is 15.7 Å². The SMILES string of the molecule is Cc1ccccc1-c1nc2c(ncn2-c2ccccc2)c(=O)n1-c1ccc(Br)cc1. The number of halogens is 1. The summed E-state index contributed by atoms with van der Waals surface area (Å²) >= 11 is 3.46. The molecule has 0 atom stereocenters. The van der Waals surface area contributed by atoms with Gasteiger partial charge in [0.25, 0.3) is 5.56 Å². The molecule has 0 saturated carbocycles. The number of imidazole rings is 1. The molecule has 5 aromatic rings. The summed E-state index contributed by atoms with van der Waals surface area (Å²) in [5.41, 5.74) is 4.27. The predicted molar refractivity (Wildman–Crippen MR) is 122 cm³/mol. The first-order valence-corrected chi connectivity index (χ1v) is 10.3. The molecule has 30 heavy (non-hydrogen) atoms. The third kappa shape index (κ3) is 3.06. The third-order valence-electron chi connectivity index (χ3n) is 5.08. The van der Waals surface area contributed by atoms with Crippen LogP contribution < -0.4 is 5.56 Å². The van der Waals surface area contributed by atoms with Gasteiger partial charge in [-0.15, -0.1) is 0 Å². The highest BCUT2D eigenvalue weighted by atomic mass is 79.9. The number of hydrogen-bond acceptors (Lipinski definition) is 3. The Labute approximate surface area is 181 Å². The summed E-state index contributed by atoms with van der Waals surface area (Å²) < 4.78 is 4.43. The molecule has 0 radical (unpaired) electrons. The number of aromatic nitrogens is 4. The van der Waals surface area contributed by atoms with E-state index in [1.165, 1.54) is 0 Å². The van der Waals surface area contributed by atoms with Crippen molar-refractivity contribution in [2.45, 2.75) is 6.92 Å². The highest BCUT2D eigenvalue weighted by molar-refractivity contribution is 9.10. The first-order valence-electron chi connectivity index (χ1n) is 9.51. The van der Waals surface area contributed by atoms with Crippen LogP contribution in [0, 0.1) is 6.92 Å². The molecule has 0 amide bonds. The van der Waals surface area contributed by atoms with Crippen LogP contribution in [0.4, 0.5) is 0 Å². The lowest BCUT2D eigenvalue weighted by Gasteiger charge is -2.15. The molecule has 2 heterocycles. The largest absolute Gasteiger partial charge is 0.286 e. The van der Waals surface area contributed by atoms with E-state index in [4.69, 9.17) is 4.98 Å². The maximum absolute atomic E-state index is 13.6. The normalized spacial score (nSPS) is 11.1. The highest BCUT2D eigenvalue weighted by Crippen LogP contribution is 2.26. The van der Waals surface area contributed by atoms with Crippen LogP contribution in [-0.4, -0.2) is 19.1 Å². The Kier molecular flexibility index (Phi) is 4.56. The van der Waals surface area contributed by atoms with Gasteiger partial charge in [-0.2, -0.15) is 0 Å². The van der Waals surface area contributed by atoms with Crippen LogP contribution in [0.2, 0.25) is 0 Å². The second-order valence-electron chi connectivity index (χ2n) is 6.99. The number of fused-ring (bicyclic) bond motifs is 1. The van der Waals surface area contributed by atoms with Gasteiger partial charge in [0.2, 0.25) is 0 Å². The van der Waals surface area contributed by atoms with Gasteiger partial charge < -0.3 is 0 Å². The Balaban J connectivity index is 1.88. The van der Waals surface area contributed by atoms with Gasteiger partial charge in [0.05, 0.1) is 5.69 Å². The van der Waals surface area contributed by atoms with E-state index in [1.807, 2.05) is 90.4 Å². The van der Waals surface area contributed by atoms with Gasteiger partial charge in [-0.3, -0.25) is 13.9 Å². The lowest BCUT2D eigenvalue weighted by molar-refractivity contribution is 0.959. The van der Waals surface area contributed by atoms with Crippen molar-refractivity contribution in [3.05, 3.63) is 106 Å². The number of rotatable bonds is 3. The number of aryl methyl sites for hydroxylation is 1. The van der Waals surface area contributed by atoms with Gasteiger partial charge in [-0.25, -0.2) is 9.97 Å². The average Bonchev–Trinajstić information content (AvgIpc) is 3.20. The van der Waals surface area contributed by atoms with Gasteiger partial charge in [0.15, 0.2) is 11.2 Å². The Morgan fingerprint density at radius 2 is 1.53 bits per heavy atom. The number of hydrogen-bond donors (Lipinski definition) is 0. The molecule has 0 bridgehead atoms. The molecule has 3 aromatic carbocycles. The van der Waals surface area contributed by atoms with Gasteiger partial charge in [-0.05, 0) is 48.9 Å². The Bertz CT molecular complexity index is 1420. The van der Waals surface area contributed by atoms with Gasteiger partial charge >= 0.3 is 0 Å². The summed E-state index contributed by atoms with van der Waals surface area (Å²) in [4.78, 5) is 23.0. The zero-order chi connectivity index (χ0) is 20.7. The molecule has 5 nitrogen and oxygen atoms in total. The summed E-state index contributed by atoms with van der Waals surface area (Å²) in [6.45, 7) is 2.02. The minimum Gasteiger partial charge on any atom is -0.283 e. The fraction of sp³-hybridized carbons (Fsp3) is 0.0417. The standard InChI is InChI=1S/C24H17BrN4O/c1-16-7-5-6-10-20(16)22-27-23-21(26-15-28(23)18-8-3-2-4-9-18)24(30)29(22)19-13-11-17(25)12-14-19/h2-15H,1H3. The van der Waals surface area contributed by atoms with Crippen LogP contribution in [0.1, 0.15) is 5.56 Å². The molecule has 0 N–H and O–H groups in total. The van der Waals surface area contributed by atoms with E-state index in [2.05, 4.69) is 20.9 Å². The first kappa shape index (κ1) is 18.5. The third-order valence-corrected chi connectivity index (χ3v) is 5.61. The number of nitrogens with zero attached hydrogens (tertiary/aromatic N) is 4. The lowest BCUT2D eigenvalue weighted by Crippen LogP contribution is -2.22. The Morgan fingerprint density at radius 3 is 2.27 bits per heavy atom. The fourth-order valence-electron chi connectivity index (χ4n) is 3.56. The maximum atomic E-state index is 13.6. The van der Waals surface area contributed by atoms with Crippen molar-refractivity contribution in [2.24, 2.45) is 0 Å². The monoisotopic (exact) mass is 456 g/mol. The van der Waals surface area contributed by atoms with Crippen LogP contribution >= 0.6 is 15.9 Å². The highest BCUT2D eigenvalue weighted by Gasteiger charge is 2.19. The second-order valence-corrected chi connectivity index (χ2v) is 7.91. The molecule has 6 heteroatoms. The molecule has 0 spiro atoms. The van der Waals surface area contributed by atoms with Crippen molar-refractivity contribution < 1.29 is 0 Å². The molecule has 0 aliphatic rings. The smallest absolute Gasteiger partial charge is 0.283 e. The Hall–Kier alpha value is -3.51. The molecule has 0 unspecified atom stereocenters. The van der Waals surface area contributed by atoms with E-state index < -0.39 is 0 Å². The topological polar surface area (TPSA) is 52.7 Å². The van der Waals surface area contributed by atoms with Crippen LogP contribution in [0.3, 0.4) is 0 Å². The molecule has 5 rings (SSSR count). The lowest BCUT2D eigenvalue weighted by atomic mass is 10.1. The zero-order valence-electron chi connectivity index (χ0n) is 16.2. The van der Waals surface area contributed by atoms with E-state index in [9.17, 15) is 4.79 Å². The summed E-state index contributed by atoms with van der Waals surface area (Å²) in [6, 6.07) is 25.4. The molecule has 146 valence electrons. The number of benzene rings is 3. The quantitative estimate of drug-likeness (QED) is 0.369. The molecule has 0 aliphatic carbocycles. The van der Waals surface area contributed by atoms with Crippen LogP contribution in [-0.2, 0) is 0 Å². The van der Waals surface area contributed by atoms with Crippen LogP contribution in [0.25, 0.3) is 33.9 Å².